The number of likely N-dealkylation sites (tertiary alicyclic amines) is 1. The van der Waals surface area contributed by atoms with Crippen molar-refractivity contribution in [3.63, 3.8) is 0 Å². The average Bonchev–Trinajstić information content (AvgIpc) is 2.67. The molecule has 0 spiro atoms. The Bertz CT molecular complexity index is 829. The summed E-state index contributed by atoms with van der Waals surface area (Å²) in [5.74, 6) is 0.663. The molecule has 3 N–H and O–H groups in total. The molecule has 0 aromatic heterocycles. The van der Waals surface area contributed by atoms with E-state index >= 15 is 0 Å². The van der Waals surface area contributed by atoms with Gasteiger partial charge in [0.15, 0.2) is 5.96 Å². The maximum atomic E-state index is 12.8. The summed E-state index contributed by atoms with van der Waals surface area (Å²) in [6.07, 6.45) is 3.82. The molecule has 1 fully saturated rings. The summed E-state index contributed by atoms with van der Waals surface area (Å²) in [5.41, 5.74) is 0.180. The summed E-state index contributed by atoms with van der Waals surface area (Å²) < 4.78 is 28.4. The maximum Gasteiger partial charge on any atom is 0.241 e. The molecule has 1 aliphatic heterocycles. The molecule has 9 heteroatoms. The number of nitrogens with one attached hydrogen (secondary N) is 3. The van der Waals surface area contributed by atoms with Gasteiger partial charge in [0.2, 0.25) is 10.0 Å². The molecule has 1 aliphatic rings. The van der Waals surface area contributed by atoms with Gasteiger partial charge in [0.1, 0.15) is 0 Å². The van der Waals surface area contributed by atoms with Crippen LogP contribution in [0.4, 0.5) is 0 Å². The Morgan fingerprint density at radius 1 is 1.03 bits per heavy atom. The summed E-state index contributed by atoms with van der Waals surface area (Å²) in [4.78, 5) is 7.13. The van der Waals surface area contributed by atoms with Crippen LogP contribution in [0.3, 0.4) is 0 Å². The minimum atomic E-state index is -3.61. The first-order valence-electron chi connectivity index (χ1n) is 10.8. The van der Waals surface area contributed by atoms with Crippen LogP contribution >= 0.6 is 24.0 Å². The molecule has 0 amide bonds. The van der Waals surface area contributed by atoms with Crippen molar-refractivity contribution in [3.05, 3.63) is 29.8 Å². The van der Waals surface area contributed by atoms with E-state index in [1.54, 1.807) is 19.2 Å². The van der Waals surface area contributed by atoms with E-state index in [9.17, 15) is 8.42 Å². The third kappa shape index (κ3) is 8.86. The molecular formula is C22H40IN5O2S. The van der Waals surface area contributed by atoms with E-state index in [1.165, 1.54) is 19.3 Å². The predicted molar refractivity (Wildman–Crippen MR) is 140 cm³/mol. The minimum absolute atomic E-state index is 0. The van der Waals surface area contributed by atoms with Crippen molar-refractivity contribution in [1.82, 2.24) is 20.3 Å². The fourth-order valence-electron chi connectivity index (χ4n) is 3.68. The number of hydrogen-bond acceptors (Lipinski definition) is 4. The summed E-state index contributed by atoms with van der Waals surface area (Å²) in [7, 11) is -1.88. The Hall–Kier alpha value is -0.910. The van der Waals surface area contributed by atoms with E-state index in [0.29, 0.717) is 18.1 Å². The fourth-order valence-corrected chi connectivity index (χ4v) is 5.34. The number of sulfonamides is 1. The van der Waals surface area contributed by atoms with Crippen LogP contribution in [0.15, 0.2) is 34.2 Å². The van der Waals surface area contributed by atoms with E-state index in [4.69, 9.17) is 0 Å². The summed E-state index contributed by atoms with van der Waals surface area (Å²) in [6.45, 7) is 13.4. The monoisotopic (exact) mass is 565 g/mol. The smallest absolute Gasteiger partial charge is 0.241 e. The number of aliphatic imine (C=N–C) groups is 1. The van der Waals surface area contributed by atoms with Crippen molar-refractivity contribution >= 4 is 40.0 Å². The largest absolute Gasteiger partial charge is 0.355 e. The van der Waals surface area contributed by atoms with Gasteiger partial charge in [-0.25, -0.2) is 13.1 Å². The van der Waals surface area contributed by atoms with E-state index in [1.807, 2.05) is 32.9 Å². The fraction of sp³-hybridized carbons (Fsp3) is 0.682. The van der Waals surface area contributed by atoms with Gasteiger partial charge in [-0.15, -0.1) is 24.0 Å². The standard InChI is InChI=1S/C22H39N5O2S.HI/c1-21(2,3)26-30(28,29)19-13-9-8-12-18(19)16-24-20(23-6)25-17-22(4,5)27-14-10-7-11-15-27;/h8-9,12-13,26H,7,10-11,14-17H2,1-6H3,(H2,23,24,25);1H. The van der Waals surface area contributed by atoms with Gasteiger partial charge >= 0.3 is 0 Å². The highest BCUT2D eigenvalue weighted by Crippen LogP contribution is 2.20. The number of rotatable bonds is 7. The van der Waals surface area contributed by atoms with E-state index in [0.717, 1.165) is 19.6 Å². The lowest BCUT2D eigenvalue weighted by Gasteiger charge is -2.41. The van der Waals surface area contributed by atoms with Crippen LogP contribution in [-0.2, 0) is 16.6 Å². The quantitative estimate of drug-likeness (QED) is 0.269. The molecule has 2 rings (SSSR count). The first kappa shape index (κ1) is 28.1. The maximum absolute atomic E-state index is 12.8. The van der Waals surface area contributed by atoms with Crippen molar-refractivity contribution in [1.29, 1.82) is 0 Å². The summed E-state index contributed by atoms with van der Waals surface area (Å²) in [6, 6.07) is 7.06. The Morgan fingerprint density at radius 3 is 2.23 bits per heavy atom. The van der Waals surface area contributed by atoms with Crippen LogP contribution in [0, 0.1) is 0 Å². The van der Waals surface area contributed by atoms with Gasteiger partial charge in [0.05, 0.1) is 4.90 Å². The first-order valence-corrected chi connectivity index (χ1v) is 12.2. The Kier molecular flexibility index (Phi) is 10.7. The van der Waals surface area contributed by atoms with Gasteiger partial charge in [-0.3, -0.25) is 9.89 Å². The molecule has 7 nitrogen and oxygen atoms in total. The zero-order valence-corrected chi connectivity index (χ0v) is 22.9. The third-order valence-electron chi connectivity index (χ3n) is 5.27. The number of piperidine rings is 1. The van der Waals surface area contributed by atoms with Gasteiger partial charge in [-0.05, 0) is 72.2 Å². The van der Waals surface area contributed by atoms with Gasteiger partial charge < -0.3 is 10.6 Å². The Morgan fingerprint density at radius 2 is 1.65 bits per heavy atom. The number of benzene rings is 1. The van der Waals surface area contributed by atoms with Crippen LogP contribution in [0.5, 0.6) is 0 Å². The lowest BCUT2D eigenvalue weighted by atomic mass is 9.98. The second-order valence-electron chi connectivity index (χ2n) is 9.60. The molecule has 0 bridgehead atoms. The second-order valence-corrected chi connectivity index (χ2v) is 11.3. The molecular weight excluding hydrogens is 525 g/mol. The SMILES string of the molecule is CN=C(NCc1ccccc1S(=O)(=O)NC(C)(C)C)NCC(C)(C)N1CCCCC1.I. The van der Waals surface area contributed by atoms with Crippen molar-refractivity contribution < 1.29 is 8.42 Å². The van der Waals surface area contributed by atoms with Crippen LogP contribution in [0.2, 0.25) is 0 Å². The topological polar surface area (TPSA) is 85.8 Å². The second kappa shape index (κ2) is 11.8. The molecule has 1 aromatic carbocycles. The van der Waals surface area contributed by atoms with Gasteiger partial charge in [-0.1, -0.05) is 24.6 Å². The van der Waals surface area contributed by atoms with Gasteiger partial charge in [0.25, 0.3) is 0 Å². The average molecular weight is 566 g/mol. The Balaban J connectivity index is 0.00000480. The number of guanidine groups is 1. The van der Waals surface area contributed by atoms with E-state index < -0.39 is 15.6 Å². The molecule has 0 aliphatic carbocycles. The van der Waals surface area contributed by atoms with Crippen LogP contribution in [-0.4, -0.2) is 57.0 Å². The summed E-state index contributed by atoms with van der Waals surface area (Å²) >= 11 is 0. The lowest BCUT2D eigenvalue weighted by Crippen LogP contribution is -2.54. The third-order valence-corrected chi connectivity index (χ3v) is 7.13. The highest BCUT2D eigenvalue weighted by molar-refractivity contribution is 14.0. The van der Waals surface area contributed by atoms with Crippen LogP contribution in [0.1, 0.15) is 59.4 Å². The lowest BCUT2D eigenvalue weighted by molar-refractivity contribution is 0.0982. The molecule has 178 valence electrons. The van der Waals surface area contributed by atoms with Gasteiger partial charge in [-0.2, -0.15) is 0 Å². The molecule has 0 unspecified atom stereocenters. The zero-order chi connectivity index (χ0) is 22.4. The molecule has 0 atom stereocenters. The summed E-state index contributed by atoms with van der Waals surface area (Å²) in [5, 5.41) is 6.67. The van der Waals surface area contributed by atoms with E-state index in [-0.39, 0.29) is 34.4 Å². The highest BCUT2D eigenvalue weighted by atomic mass is 127. The zero-order valence-electron chi connectivity index (χ0n) is 19.8. The normalized spacial score (nSPS) is 16.5. The van der Waals surface area contributed by atoms with Crippen molar-refractivity contribution in [2.45, 2.75) is 76.4 Å². The van der Waals surface area contributed by atoms with Crippen molar-refractivity contribution in [2.75, 3.05) is 26.7 Å². The molecule has 31 heavy (non-hydrogen) atoms. The minimum Gasteiger partial charge on any atom is -0.355 e. The van der Waals surface area contributed by atoms with Crippen LogP contribution < -0.4 is 15.4 Å². The molecule has 1 aromatic rings. The first-order chi connectivity index (χ1) is 13.9. The predicted octanol–water partition coefficient (Wildman–Crippen LogP) is 3.31. The molecule has 1 saturated heterocycles. The molecule has 0 saturated carbocycles. The molecule has 1 heterocycles. The van der Waals surface area contributed by atoms with Crippen LogP contribution in [0.25, 0.3) is 0 Å². The van der Waals surface area contributed by atoms with E-state index in [2.05, 4.69) is 39.1 Å². The number of halogens is 1. The number of nitrogens with zero attached hydrogens (tertiary/aromatic N) is 2. The van der Waals surface area contributed by atoms with Crippen molar-refractivity contribution in [3.8, 4) is 0 Å². The Labute approximate surface area is 205 Å². The molecule has 0 radical (unpaired) electrons. The highest BCUT2D eigenvalue weighted by Gasteiger charge is 2.28. The number of hydrogen-bond donors (Lipinski definition) is 3. The van der Waals surface area contributed by atoms with Gasteiger partial charge in [0, 0.05) is 31.2 Å². The van der Waals surface area contributed by atoms with Crippen molar-refractivity contribution in [2.24, 2.45) is 4.99 Å².